The highest BCUT2D eigenvalue weighted by atomic mass is 32.2. The number of carbonyl (C=O) groups is 2. The molecule has 0 saturated carbocycles. The third kappa shape index (κ3) is 4.53. The predicted molar refractivity (Wildman–Crippen MR) is 136 cm³/mol. The maximum absolute atomic E-state index is 13.1. The lowest BCUT2D eigenvalue weighted by atomic mass is 10.0. The Labute approximate surface area is 208 Å². The van der Waals surface area contributed by atoms with Crippen LogP contribution in [-0.2, 0) is 34.5 Å². The van der Waals surface area contributed by atoms with Gasteiger partial charge in [-0.15, -0.1) is 0 Å². The van der Waals surface area contributed by atoms with Gasteiger partial charge in [0.1, 0.15) is 5.76 Å². The highest BCUT2D eigenvalue weighted by molar-refractivity contribution is 7.89. The van der Waals surface area contributed by atoms with E-state index in [9.17, 15) is 18.0 Å². The van der Waals surface area contributed by atoms with Crippen LogP contribution in [0.1, 0.15) is 27.2 Å². The maximum Gasteiger partial charge on any atom is 0.251 e. The molecule has 2 N–H and O–H groups in total. The number of anilines is 1. The smallest absolute Gasteiger partial charge is 0.251 e. The van der Waals surface area contributed by atoms with Gasteiger partial charge >= 0.3 is 0 Å². The summed E-state index contributed by atoms with van der Waals surface area (Å²) in [6, 6.07) is 21.4. The van der Waals surface area contributed by atoms with Gasteiger partial charge in [-0.05, 0) is 46.7 Å². The van der Waals surface area contributed by atoms with E-state index in [1.807, 2.05) is 42.5 Å². The molecule has 1 aromatic heterocycles. The Kier molecular flexibility index (Phi) is 6.17. The van der Waals surface area contributed by atoms with Crippen LogP contribution in [0.3, 0.4) is 0 Å². The lowest BCUT2D eigenvalue weighted by Crippen LogP contribution is -2.26. The maximum atomic E-state index is 13.1. The Morgan fingerprint density at radius 1 is 1.00 bits per heavy atom. The summed E-state index contributed by atoms with van der Waals surface area (Å²) in [5.74, 6) is 0.0256. The zero-order valence-corrected chi connectivity index (χ0v) is 20.0. The van der Waals surface area contributed by atoms with E-state index in [1.165, 1.54) is 28.6 Å². The van der Waals surface area contributed by atoms with E-state index in [0.29, 0.717) is 23.4 Å². The molecule has 1 aliphatic heterocycles. The van der Waals surface area contributed by atoms with Gasteiger partial charge in [0.15, 0.2) is 5.88 Å². The molecular formula is C27H23N3O5S. The molecule has 2 heterocycles. The number of rotatable bonds is 7. The van der Waals surface area contributed by atoms with Crippen LogP contribution in [0.4, 0.5) is 5.88 Å². The first kappa shape index (κ1) is 23.5. The van der Waals surface area contributed by atoms with Crippen molar-refractivity contribution in [2.75, 3.05) is 5.32 Å². The van der Waals surface area contributed by atoms with Crippen molar-refractivity contribution in [1.82, 2.24) is 9.62 Å². The first-order valence-corrected chi connectivity index (χ1v) is 12.7. The number of sulfonamides is 1. The summed E-state index contributed by atoms with van der Waals surface area (Å²) in [4.78, 5) is 24.2. The SMILES string of the molecule is C=CC(=O)Nc1cc2c(o1)CN(S(=O)(=O)c1ccc(C(=O)NCc3cccc4ccccc34)cc1)C2. The van der Waals surface area contributed by atoms with Crippen LogP contribution >= 0.6 is 0 Å². The summed E-state index contributed by atoms with van der Waals surface area (Å²) in [6.07, 6.45) is 1.12. The van der Waals surface area contributed by atoms with Crippen molar-refractivity contribution in [1.29, 1.82) is 0 Å². The van der Waals surface area contributed by atoms with Gasteiger partial charge in [0.25, 0.3) is 5.91 Å². The number of benzene rings is 3. The fraction of sp³-hybridized carbons (Fsp3) is 0.111. The zero-order valence-electron chi connectivity index (χ0n) is 19.2. The molecular weight excluding hydrogens is 478 g/mol. The summed E-state index contributed by atoms with van der Waals surface area (Å²) < 4.78 is 33.1. The molecule has 9 heteroatoms. The molecule has 0 bridgehead atoms. The van der Waals surface area contributed by atoms with Gasteiger partial charge < -0.3 is 9.73 Å². The quantitative estimate of drug-likeness (QED) is 0.369. The van der Waals surface area contributed by atoms with Crippen molar-refractivity contribution in [2.24, 2.45) is 0 Å². The standard InChI is InChI=1S/C27H23N3O5S/c1-2-25(31)29-26-14-21-16-30(17-24(21)35-26)36(33,34)22-12-10-19(11-13-22)27(32)28-15-20-8-5-7-18-6-3-4-9-23(18)20/h2-14H,1,15-17H2,(H,28,32)(H,29,31). The minimum absolute atomic E-state index is 0.0505. The molecule has 5 rings (SSSR count). The highest BCUT2D eigenvalue weighted by Crippen LogP contribution is 2.32. The van der Waals surface area contributed by atoms with Crippen LogP contribution in [0.2, 0.25) is 0 Å². The molecule has 182 valence electrons. The number of amides is 2. The Morgan fingerprint density at radius 3 is 2.50 bits per heavy atom. The van der Waals surface area contributed by atoms with E-state index >= 15 is 0 Å². The fourth-order valence-electron chi connectivity index (χ4n) is 4.20. The third-order valence-electron chi connectivity index (χ3n) is 6.07. The van der Waals surface area contributed by atoms with E-state index < -0.39 is 15.9 Å². The molecule has 0 saturated heterocycles. The van der Waals surface area contributed by atoms with Crippen molar-refractivity contribution in [3.05, 3.63) is 108 Å². The summed E-state index contributed by atoms with van der Waals surface area (Å²) in [5, 5.41) is 7.60. The van der Waals surface area contributed by atoms with Gasteiger partial charge in [-0.25, -0.2) is 8.42 Å². The Balaban J connectivity index is 1.24. The summed E-state index contributed by atoms with van der Waals surface area (Å²) in [7, 11) is -3.80. The number of nitrogens with one attached hydrogen (secondary N) is 2. The van der Waals surface area contributed by atoms with E-state index in [1.54, 1.807) is 6.07 Å². The second-order valence-corrected chi connectivity index (χ2v) is 10.3. The second-order valence-electron chi connectivity index (χ2n) is 8.37. The van der Waals surface area contributed by atoms with Crippen LogP contribution in [0.25, 0.3) is 10.8 Å². The zero-order chi connectivity index (χ0) is 25.3. The molecule has 3 aromatic carbocycles. The fourth-order valence-corrected chi connectivity index (χ4v) is 5.57. The lowest BCUT2D eigenvalue weighted by molar-refractivity contribution is -0.112. The Bertz CT molecular complexity index is 1560. The third-order valence-corrected chi connectivity index (χ3v) is 7.87. The molecule has 1 aliphatic rings. The topological polar surface area (TPSA) is 109 Å². The molecule has 0 aliphatic carbocycles. The summed E-state index contributed by atoms with van der Waals surface area (Å²) in [5.41, 5.74) is 2.05. The number of hydrogen-bond donors (Lipinski definition) is 2. The number of fused-ring (bicyclic) bond motifs is 2. The molecule has 0 fully saturated rings. The number of carbonyl (C=O) groups excluding carboxylic acids is 2. The Morgan fingerprint density at radius 2 is 1.75 bits per heavy atom. The minimum atomic E-state index is -3.80. The van der Waals surface area contributed by atoms with Crippen molar-refractivity contribution in [3.8, 4) is 0 Å². The molecule has 4 aromatic rings. The molecule has 2 amide bonds. The lowest BCUT2D eigenvalue weighted by Gasteiger charge is -2.16. The van der Waals surface area contributed by atoms with Crippen LogP contribution in [0, 0.1) is 0 Å². The van der Waals surface area contributed by atoms with Gasteiger partial charge in [0.05, 0.1) is 11.4 Å². The molecule has 0 spiro atoms. The van der Waals surface area contributed by atoms with Crippen LogP contribution in [0.5, 0.6) is 0 Å². The normalized spacial score (nSPS) is 13.3. The van der Waals surface area contributed by atoms with Gasteiger partial charge in [-0.3, -0.25) is 14.9 Å². The average molecular weight is 502 g/mol. The van der Waals surface area contributed by atoms with Crippen LogP contribution in [0.15, 0.2) is 94.8 Å². The monoisotopic (exact) mass is 501 g/mol. The van der Waals surface area contributed by atoms with Crippen LogP contribution in [-0.4, -0.2) is 24.5 Å². The first-order chi connectivity index (χ1) is 17.3. The van der Waals surface area contributed by atoms with Gasteiger partial charge in [-0.2, -0.15) is 4.31 Å². The summed E-state index contributed by atoms with van der Waals surface area (Å²) >= 11 is 0. The predicted octanol–water partition coefficient (Wildman–Crippen LogP) is 4.19. The van der Waals surface area contributed by atoms with E-state index in [2.05, 4.69) is 17.2 Å². The van der Waals surface area contributed by atoms with Gasteiger partial charge in [-0.1, -0.05) is 49.0 Å². The first-order valence-electron chi connectivity index (χ1n) is 11.3. The average Bonchev–Trinajstić information content (AvgIpc) is 3.46. The van der Waals surface area contributed by atoms with Crippen molar-refractivity contribution < 1.29 is 22.4 Å². The number of furan rings is 1. The largest absolute Gasteiger partial charge is 0.444 e. The molecule has 0 radical (unpaired) electrons. The van der Waals surface area contributed by atoms with E-state index in [4.69, 9.17) is 4.42 Å². The van der Waals surface area contributed by atoms with Crippen molar-refractivity contribution >= 4 is 38.5 Å². The number of hydrogen-bond acceptors (Lipinski definition) is 5. The number of nitrogens with zero attached hydrogens (tertiary/aromatic N) is 1. The van der Waals surface area contributed by atoms with Gasteiger partial charge in [0, 0.05) is 30.3 Å². The van der Waals surface area contributed by atoms with Crippen LogP contribution < -0.4 is 10.6 Å². The highest BCUT2D eigenvalue weighted by Gasteiger charge is 2.33. The second kappa shape index (κ2) is 9.44. The summed E-state index contributed by atoms with van der Waals surface area (Å²) in [6.45, 7) is 3.91. The molecule has 36 heavy (non-hydrogen) atoms. The van der Waals surface area contributed by atoms with Crippen molar-refractivity contribution in [2.45, 2.75) is 24.5 Å². The molecule has 8 nitrogen and oxygen atoms in total. The Hall–Kier alpha value is -4.21. The van der Waals surface area contributed by atoms with Crippen molar-refractivity contribution in [3.63, 3.8) is 0 Å². The molecule has 0 atom stereocenters. The van der Waals surface area contributed by atoms with E-state index in [-0.39, 0.29) is 29.8 Å². The minimum Gasteiger partial charge on any atom is -0.444 e. The van der Waals surface area contributed by atoms with Gasteiger partial charge in [0.2, 0.25) is 15.9 Å². The van der Waals surface area contributed by atoms with E-state index in [0.717, 1.165) is 22.4 Å². The molecule has 0 unspecified atom stereocenters.